The van der Waals surface area contributed by atoms with Crippen molar-refractivity contribution in [2.75, 3.05) is 31.1 Å². The number of β-amino-alcohol motifs (C(OH)–C–C–N with tert-alkyl or cyclic N) is 1. The number of nitrogens with zero attached hydrogens (tertiary/aromatic N) is 3. The van der Waals surface area contributed by atoms with Crippen molar-refractivity contribution in [3.8, 4) is 0 Å². The van der Waals surface area contributed by atoms with E-state index in [4.69, 9.17) is 0 Å². The van der Waals surface area contributed by atoms with Crippen molar-refractivity contribution in [3.63, 3.8) is 0 Å². The van der Waals surface area contributed by atoms with Crippen LogP contribution in [0.3, 0.4) is 0 Å². The quantitative estimate of drug-likeness (QED) is 0.747. The smallest absolute Gasteiger partial charge is 0.255 e. The number of aromatic nitrogens is 2. The average Bonchev–Trinajstić information content (AvgIpc) is 3.22. The van der Waals surface area contributed by atoms with Crippen molar-refractivity contribution in [2.45, 2.75) is 6.10 Å². The molecule has 3 heterocycles. The molecule has 0 unspecified atom stereocenters. The first-order valence-electron chi connectivity index (χ1n) is 7.91. The van der Waals surface area contributed by atoms with Crippen molar-refractivity contribution >= 4 is 32.6 Å². The van der Waals surface area contributed by atoms with Gasteiger partial charge in [-0.05, 0) is 18.2 Å². The van der Waals surface area contributed by atoms with Gasteiger partial charge in [0.05, 0.1) is 21.9 Å². The number of rotatable bonds is 2. The van der Waals surface area contributed by atoms with Crippen LogP contribution in [0.5, 0.6) is 0 Å². The Morgan fingerprint density at radius 2 is 2.12 bits per heavy atom. The lowest BCUT2D eigenvalue weighted by Crippen LogP contribution is -2.37. The predicted octanol–water partition coefficient (Wildman–Crippen LogP) is 1.95. The Morgan fingerprint density at radius 3 is 2.92 bits per heavy atom. The summed E-state index contributed by atoms with van der Waals surface area (Å²) in [7, 11) is 0. The molecule has 1 aromatic carbocycles. The molecule has 24 heavy (non-hydrogen) atoms. The van der Waals surface area contributed by atoms with Crippen molar-refractivity contribution < 1.29 is 9.90 Å². The van der Waals surface area contributed by atoms with Crippen molar-refractivity contribution in [1.29, 1.82) is 0 Å². The molecular weight excluding hydrogens is 324 g/mol. The lowest BCUT2D eigenvalue weighted by molar-refractivity contribution is 0.0674. The second-order valence-electron chi connectivity index (χ2n) is 5.91. The van der Waals surface area contributed by atoms with Gasteiger partial charge in [0.2, 0.25) is 0 Å². The van der Waals surface area contributed by atoms with Crippen LogP contribution in [-0.2, 0) is 0 Å². The minimum atomic E-state index is -0.595. The van der Waals surface area contributed by atoms with Gasteiger partial charge in [0.1, 0.15) is 0 Å². The molecule has 3 aromatic rings. The van der Waals surface area contributed by atoms with Crippen LogP contribution in [0, 0.1) is 0 Å². The van der Waals surface area contributed by atoms with Crippen LogP contribution in [0.2, 0.25) is 0 Å². The van der Waals surface area contributed by atoms with Crippen LogP contribution in [0.15, 0.2) is 42.7 Å². The Bertz CT molecular complexity index is 812. The minimum Gasteiger partial charge on any atom is -0.389 e. The molecule has 1 fully saturated rings. The van der Waals surface area contributed by atoms with E-state index in [-0.39, 0.29) is 5.91 Å². The highest BCUT2D eigenvalue weighted by molar-refractivity contribution is 7.22. The van der Waals surface area contributed by atoms with Crippen molar-refractivity contribution in [3.05, 3.63) is 48.3 Å². The number of hydrogen-bond acceptors (Lipinski definition) is 5. The number of amides is 1. The molecule has 0 aliphatic carbocycles. The number of hydrogen-bond donors (Lipinski definition) is 2. The lowest BCUT2D eigenvalue weighted by Gasteiger charge is -2.21. The Morgan fingerprint density at radius 1 is 1.25 bits per heavy atom. The number of anilines is 1. The summed E-state index contributed by atoms with van der Waals surface area (Å²) >= 11 is 1.62. The number of carbonyl (C=O) groups excluding carboxylic acids is 1. The highest BCUT2D eigenvalue weighted by atomic mass is 32.1. The third-order valence-electron chi connectivity index (χ3n) is 4.19. The number of aliphatic hydroxyl groups is 1. The first-order chi connectivity index (χ1) is 11.7. The van der Waals surface area contributed by atoms with Crippen LogP contribution in [-0.4, -0.2) is 58.2 Å². The molecule has 0 saturated carbocycles. The topological polar surface area (TPSA) is 72.5 Å². The van der Waals surface area contributed by atoms with E-state index in [1.807, 2.05) is 24.3 Å². The Kier molecular flexibility index (Phi) is 3.95. The molecule has 4 rings (SSSR count). The van der Waals surface area contributed by atoms with Gasteiger partial charge in [-0.15, -0.1) is 0 Å². The number of nitrogens with one attached hydrogen (secondary N) is 1. The Hall–Kier alpha value is -2.38. The number of carbonyl (C=O) groups is 1. The SMILES string of the molecule is O=C(c1cc[nH]c1)N1CCN(c2nc3ccccc3s2)C[C@H](O)C1. The number of para-hydroxylation sites is 1. The summed E-state index contributed by atoms with van der Waals surface area (Å²) in [5, 5.41) is 11.2. The number of H-pyrrole nitrogens is 1. The largest absolute Gasteiger partial charge is 0.389 e. The molecule has 2 aromatic heterocycles. The molecular formula is C17H18N4O2S. The zero-order valence-electron chi connectivity index (χ0n) is 13.1. The first-order valence-corrected chi connectivity index (χ1v) is 8.73. The molecule has 2 N–H and O–H groups in total. The molecule has 6 nitrogen and oxygen atoms in total. The zero-order chi connectivity index (χ0) is 16.5. The summed E-state index contributed by atoms with van der Waals surface area (Å²) < 4.78 is 1.13. The standard InChI is InChI=1S/C17H18N4O2S/c22-13-10-20(16(23)12-5-6-18-9-12)7-8-21(11-13)17-19-14-3-1-2-4-15(14)24-17/h1-6,9,13,18,22H,7-8,10-11H2/t13-/m1/s1. The maximum atomic E-state index is 12.5. The molecule has 1 saturated heterocycles. The van der Waals surface area contributed by atoms with Crippen molar-refractivity contribution in [1.82, 2.24) is 14.9 Å². The second kappa shape index (κ2) is 6.26. The van der Waals surface area contributed by atoms with Gasteiger partial charge >= 0.3 is 0 Å². The van der Waals surface area contributed by atoms with Crippen LogP contribution in [0.25, 0.3) is 10.2 Å². The van der Waals surface area contributed by atoms with Gasteiger partial charge in [0.25, 0.3) is 5.91 Å². The summed E-state index contributed by atoms with van der Waals surface area (Å²) in [6.07, 6.45) is 2.82. The van der Waals surface area contributed by atoms with E-state index in [2.05, 4.69) is 14.9 Å². The van der Waals surface area contributed by atoms with Crippen LogP contribution in [0.4, 0.5) is 5.13 Å². The number of aliphatic hydroxyl groups excluding tert-OH is 1. The highest BCUT2D eigenvalue weighted by Crippen LogP contribution is 2.29. The number of aromatic amines is 1. The zero-order valence-corrected chi connectivity index (χ0v) is 13.9. The van der Waals surface area contributed by atoms with E-state index in [9.17, 15) is 9.90 Å². The molecule has 0 radical (unpaired) electrons. The summed E-state index contributed by atoms with van der Waals surface area (Å²) in [6.45, 7) is 2.05. The molecule has 1 amide bonds. The summed E-state index contributed by atoms with van der Waals surface area (Å²) in [4.78, 5) is 23.8. The highest BCUT2D eigenvalue weighted by Gasteiger charge is 2.26. The number of benzene rings is 1. The molecule has 1 atom stereocenters. The minimum absolute atomic E-state index is 0.0542. The fourth-order valence-corrected chi connectivity index (χ4v) is 3.98. The van der Waals surface area contributed by atoms with Crippen LogP contribution < -0.4 is 4.90 Å². The fraction of sp³-hybridized carbons (Fsp3) is 0.294. The van der Waals surface area contributed by atoms with Gasteiger partial charge in [-0.2, -0.15) is 0 Å². The average molecular weight is 342 g/mol. The van der Waals surface area contributed by atoms with E-state index in [0.29, 0.717) is 31.7 Å². The maximum Gasteiger partial charge on any atom is 0.255 e. The maximum absolute atomic E-state index is 12.5. The van der Waals surface area contributed by atoms with E-state index < -0.39 is 6.10 Å². The van der Waals surface area contributed by atoms with Gasteiger partial charge in [-0.1, -0.05) is 23.5 Å². The van der Waals surface area contributed by atoms with Gasteiger partial charge < -0.3 is 19.9 Å². The van der Waals surface area contributed by atoms with Crippen LogP contribution >= 0.6 is 11.3 Å². The Labute approximate surface area is 143 Å². The van der Waals surface area contributed by atoms with E-state index in [1.54, 1.807) is 34.7 Å². The lowest BCUT2D eigenvalue weighted by atomic mass is 10.2. The normalized spacial score (nSPS) is 18.8. The van der Waals surface area contributed by atoms with Crippen molar-refractivity contribution in [2.24, 2.45) is 0 Å². The predicted molar refractivity (Wildman–Crippen MR) is 94.5 cm³/mol. The van der Waals surface area contributed by atoms with Crippen LogP contribution in [0.1, 0.15) is 10.4 Å². The molecule has 0 bridgehead atoms. The summed E-state index contributed by atoms with van der Waals surface area (Å²) in [5.41, 5.74) is 1.59. The fourth-order valence-electron chi connectivity index (χ4n) is 2.98. The first kappa shape index (κ1) is 15.2. The van der Waals surface area contributed by atoms with Gasteiger partial charge in [-0.3, -0.25) is 4.79 Å². The van der Waals surface area contributed by atoms with E-state index >= 15 is 0 Å². The molecule has 124 valence electrons. The van der Waals surface area contributed by atoms with Gasteiger partial charge in [0, 0.05) is 38.6 Å². The third kappa shape index (κ3) is 2.88. The summed E-state index contributed by atoms with van der Waals surface area (Å²) in [5.74, 6) is -0.0542. The van der Waals surface area contributed by atoms with Gasteiger partial charge in [-0.25, -0.2) is 4.98 Å². The molecule has 7 heteroatoms. The summed E-state index contributed by atoms with van der Waals surface area (Å²) in [6, 6.07) is 9.77. The number of thiazole rings is 1. The van der Waals surface area contributed by atoms with E-state index in [1.165, 1.54) is 0 Å². The third-order valence-corrected chi connectivity index (χ3v) is 5.28. The second-order valence-corrected chi connectivity index (χ2v) is 6.92. The monoisotopic (exact) mass is 342 g/mol. The van der Waals surface area contributed by atoms with E-state index in [0.717, 1.165) is 15.3 Å². The molecule has 1 aliphatic heterocycles. The Balaban J connectivity index is 1.54. The van der Waals surface area contributed by atoms with Gasteiger partial charge in [0.15, 0.2) is 5.13 Å². The molecule has 1 aliphatic rings. The number of fused-ring (bicyclic) bond motifs is 1. The molecule has 0 spiro atoms.